The van der Waals surface area contributed by atoms with Gasteiger partial charge in [-0.2, -0.15) is 0 Å². The predicted molar refractivity (Wildman–Crippen MR) is 33.6 cm³/mol. The van der Waals surface area contributed by atoms with E-state index in [-0.39, 0.29) is 0 Å². The van der Waals surface area contributed by atoms with Crippen LogP contribution in [0.5, 0.6) is 0 Å². The first-order valence-corrected chi connectivity index (χ1v) is 4.34. The lowest BCUT2D eigenvalue weighted by molar-refractivity contribution is 0.206. The zero-order valence-electron chi connectivity index (χ0n) is 4.66. The zero-order valence-corrected chi connectivity index (χ0v) is 6.37. The van der Waals surface area contributed by atoms with Crippen molar-refractivity contribution in [2.75, 3.05) is 14.2 Å². The molecule has 0 radical (unpaired) electrons. The van der Waals surface area contributed by atoms with Crippen molar-refractivity contribution in [1.29, 1.82) is 0 Å². The van der Waals surface area contributed by atoms with Crippen molar-refractivity contribution in [3.8, 4) is 0 Å². The summed E-state index contributed by atoms with van der Waals surface area (Å²) in [6, 6.07) is 0. The summed E-state index contributed by atoms with van der Waals surface area (Å²) in [4.78, 5) is 0. The standard InChI is InChI=1S/C2H8NO3PS/c1-4-7(8,5-2)6-3/h3H2,1-2H3. The van der Waals surface area contributed by atoms with Crippen LogP contribution in [0.4, 0.5) is 0 Å². The van der Waals surface area contributed by atoms with Gasteiger partial charge in [0.15, 0.2) is 0 Å². The summed E-state index contributed by atoms with van der Waals surface area (Å²) >= 11 is 4.62. The van der Waals surface area contributed by atoms with Crippen molar-refractivity contribution in [2.45, 2.75) is 0 Å². The molecule has 0 spiro atoms. The number of hydrogen-bond acceptors (Lipinski definition) is 5. The van der Waals surface area contributed by atoms with Crippen LogP contribution in [0, 0.1) is 0 Å². The summed E-state index contributed by atoms with van der Waals surface area (Å²) in [5.41, 5.74) is 0. The van der Waals surface area contributed by atoms with E-state index in [1.807, 2.05) is 0 Å². The maximum atomic E-state index is 4.72. The topological polar surface area (TPSA) is 53.7 Å². The van der Waals surface area contributed by atoms with E-state index in [4.69, 9.17) is 5.90 Å². The first-order chi connectivity index (χ1) is 3.68. The van der Waals surface area contributed by atoms with E-state index in [2.05, 4.69) is 25.5 Å². The second-order valence-corrected chi connectivity index (χ2v) is 4.09. The second-order valence-electron chi connectivity index (χ2n) is 0.918. The second kappa shape index (κ2) is 3.50. The van der Waals surface area contributed by atoms with Gasteiger partial charge in [-0.25, -0.2) is 10.5 Å². The van der Waals surface area contributed by atoms with Crippen molar-refractivity contribution in [3.63, 3.8) is 0 Å². The molecule has 0 aliphatic carbocycles. The van der Waals surface area contributed by atoms with Gasteiger partial charge in [0.05, 0.1) is 0 Å². The van der Waals surface area contributed by atoms with E-state index < -0.39 is 6.72 Å². The minimum Gasteiger partial charge on any atom is -0.311 e. The number of rotatable bonds is 3. The van der Waals surface area contributed by atoms with Crippen LogP contribution in [0.3, 0.4) is 0 Å². The molecule has 0 unspecified atom stereocenters. The third-order valence-corrected chi connectivity index (χ3v) is 2.88. The molecule has 0 rings (SSSR count). The minimum absolute atomic E-state index is 1.39. The average Bonchev–Trinajstić information content (AvgIpc) is 1.87. The van der Waals surface area contributed by atoms with E-state index in [1.54, 1.807) is 0 Å². The van der Waals surface area contributed by atoms with Crippen LogP contribution in [0.2, 0.25) is 0 Å². The SMILES string of the molecule is COP(=S)(OC)ON. The third kappa shape index (κ3) is 2.17. The van der Waals surface area contributed by atoms with Crippen molar-refractivity contribution < 1.29 is 13.7 Å². The van der Waals surface area contributed by atoms with Crippen LogP contribution >= 0.6 is 6.72 Å². The maximum Gasteiger partial charge on any atom is 0.343 e. The lowest BCUT2D eigenvalue weighted by Crippen LogP contribution is -1.99. The van der Waals surface area contributed by atoms with Gasteiger partial charge in [0.25, 0.3) is 0 Å². The average molecular weight is 157 g/mol. The number of hydrogen-bond donors (Lipinski definition) is 1. The van der Waals surface area contributed by atoms with Gasteiger partial charge < -0.3 is 9.05 Å². The molecule has 0 fully saturated rings. The fraction of sp³-hybridized carbons (Fsp3) is 1.00. The molecule has 8 heavy (non-hydrogen) atoms. The Bertz CT molecular complexity index is 88.4. The normalized spacial score (nSPS) is 11.9. The molecule has 0 amide bonds. The highest BCUT2D eigenvalue weighted by Crippen LogP contribution is 2.45. The summed E-state index contributed by atoms with van der Waals surface area (Å²) in [5.74, 6) is 4.72. The smallest absolute Gasteiger partial charge is 0.311 e. The van der Waals surface area contributed by atoms with Crippen molar-refractivity contribution >= 4 is 18.5 Å². The van der Waals surface area contributed by atoms with E-state index in [0.29, 0.717) is 0 Å². The van der Waals surface area contributed by atoms with Crippen molar-refractivity contribution in [2.24, 2.45) is 5.90 Å². The van der Waals surface area contributed by atoms with Gasteiger partial charge in [-0.05, 0) is 11.8 Å². The van der Waals surface area contributed by atoms with Gasteiger partial charge in [0.1, 0.15) is 0 Å². The van der Waals surface area contributed by atoms with Crippen molar-refractivity contribution in [1.82, 2.24) is 0 Å². The molecule has 0 aliphatic heterocycles. The molecule has 0 atom stereocenters. The molecular weight excluding hydrogens is 149 g/mol. The Morgan fingerprint density at radius 1 is 1.38 bits per heavy atom. The number of nitrogens with two attached hydrogens (primary N) is 1. The molecule has 6 heteroatoms. The molecule has 0 aromatic carbocycles. The van der Waals surface area contributed by atoms with E-state index in [1.165, 1.54) is 14.2 Å². The highest BCUT2D eigenvalue weighted by Gasteiger charge is 2.13. The van der Waals surface area contributed by atoms with Gasteiger partial charge in [0.2, 0.25) is 0 Å². The molecule has 0 aliphatic rings. The van der Waals surface area contributed by atoms with Crippen LogP contribution in [0.25, 0.3) is 0 Å². The van der Waals surface area contributed by atoms with Crippen LogP contribution in [0.1, 0.15) is 0 Å². The molecule has 50 valence electrons. The molecule has 0 saturated heterocycles. The van der Waals surface area contributed by atoms with Crippen LogP contribution in [0.15, 0.2) is 0 Å². The van der Waals surface area contributed by atoms with Gasteiger partial charge in [-0.3, -0.25) is 0 Å². The first kappa shape index (κ1) is 8.49. The monoisotopic (exact) mass is 157 g/mol. The third-order valence-electron chi connectivity index (χ3n) is 0.576. The van der Waals surface area contributed by atoms with Gasteiger partial charge in [0, 0.05) is 14.2 Å². The Labute approximate surface area is 53.1 Å². The summed E-state index contributed by atoms with van der Waals surface area (Å²) in [6.07, 6.45) is 0. The molecule has 0 heterocycles. The molecule has 0 aromatic rings. The highest BCUT2D eigenvalue weighted by molar-refractivity contribution is 8.07. The Balaban J connectivity index is 3.79. The summed E-state index contributed by atoms with van der Waals surface area (Å²) in [6.45, 7) is -2.55. The van der Waals surface area contributed by atoms with Gasteiger partial charge in [-0.15, -0.1) is 0 Å². The molecule has 4 nitrogen and oxygen atoms in total. The van der Waals surface area contributed by atoms with E-state index in [9.17, 15) is 0 Å². The lowest BCUT2D eigenvalue weighted by Gasteiger charge is -2.11. The summed E-state index contributed by atoms with van der Waals surface area (Å²) in [7, 11) is 2.77. The molecule has 2 N–H and O–H groups in total. The predicted octanol–water partition coefficient (Wildman–Crippen LogP) is 0.394. The maximum absolute atomic E-state index is 4.72. The van der Waals surface area contributed by atoms with Crippen LogP contribution in [-0.4, -0.2) is 14.2 Å². The first-order valence-electron chi connectivity index (χ1n) is 1.78. The fourth-order valence-electron chi connectivity index (χ4n) is 0.161. The van der Waals surface area contributed by atoms with E-state index in [0.717, 1.165) is 0 Å². The largest absolute Gasteiger partial charge is 0.343 e. The quantitative estimate of drug-likeness (QED) is 0.474. The van der Waals surface area contributed by atoms with Gasteiger partial charge >= 0.3 is 6.72 Å². The summed E-state index contributed by atoms with van der Waals surface area (Å²) in [5, 5.41) is 0. The molecular formula is C2H8NO3PS. The molecule has 0 bridgehead atoms. The van der Waals surface area contributed by atoms with Gasteiger partial charge in [-0.1, -0.05) is 0 Å². The Kier molecular flexibility index (Phi) is 3.72. The Hall–Kier alpha value is 0.490. The minimum atomic E-state index is -2.55. The Morgan fingerprint density at radius 3 is 1.75 bits per heavy atom. The van der Waals surface area contributed by atoms with Crippen LogP contribution < -0.4 is 5.90 Å². The Morgan fingerprint density at radius 2 is 1.75 bits per heavy atom. The zero-order chi connectivity index (χ0) is 6.62. The van der Waals surface area contributed by atoms with Crippen molar-refractivity contribution in [3.05, 3.63) is 0 Å². The molecule has 0 aromatic heterocycles. The lowest BCUT2D eigenvalue weighted by atomic mass is 11.8. The summed E-state index contributed by atoms with van der Waals surface area (Å²) < 4.78 is 13.4. The fourth-order valence-corrected chi connectivity index (χ4v) is 0.482. The van der Waals surface area contributed by atoms with E-state index >= 15 is 0 Å². The van der Waals surface area contributed by atoms with Crippen LogP contribution in [-0.2, 0) is 25.5 Å². The highest BCUT2D eigenvalue weighted by atomic mass is 32.5. The molecule has 0 saturated carbocycles.